The van der Waals surface area contributed by atoms with Gasteiger partial charge in [-0.3, -0.25) is 0 Å². The highest BCUT2D eigenvalue weighted by Crippen LogP contribution is 2.24. The van der Waals surface area contributed by atoms with E-state index in [4.69, 9.17) is 0 Å². The Labute approximate surface area is 142 Å². The maximum atomic E-state index is 9.86. The lowest BCUT2D eigenvalue weighted by Gasteiger charge is -2.05. The van der Waals surface area contributed by atoms with E-state index in [1.165, 1.54) is 0 Å². The molecule has 3 aromatic rings. The van der Waals surface area contributed by atoms with E-state index >= 15 is 0 Å². The van der Waals surface area contributed by atoms with Crippen molar-refractivity contribution in [2.24, 2.45) is 0 Å². The first-order chi connectivity index (χ1) is 11.5. The predicted octanol–water partition coefficient (Wildman–Crippen LogP) is 5.67. The van der Waals surface area contributed by atoms with Gasteiger partial charge >= 0.3 is 0 Å². The van der Waals surface area contributed by atoms with E-state index in [-0.39, 0.29) is 0 Å². The average Bonchev–Trinajstić information content (AvgIpc) is 2.57. The molecule has 1 heterocycles. The summed E-state index contributed by atoms with van der Waals surface area (Å²) in [6.45, 7) is 5.91. The van der Waals surface area contributed by atoms with Crippen LogP contribution in [0.2, 0.25) is 0 Å². The van der Waals surface area contributed by atoms with E-state index in [2.05, 4.69) is 36.2 Å². The molecule has 0 fully saturated rings. The second-order valence-electron chi connectivity index (χ2n) is 6.15. The Balaban J connectivity index is 1.84. The molecule has 0 spiro atoms. The van der Waals surface area contributed by atoms with Gasteiger partial charge in [-0.15, -0.1) is 0 Å². The van der Waals surface area contributed by atoms with Crippen molar-refractivity contribution in [3.8, 4) is 5.75 Å². The summed E-state index contributed by atoms with van der Waals surface area (Å²) in [5.41, 5.74) is 5.97. The van der Waals surface area contributed by atoms with Crippen LogP contribution >= 0.6 is 0 Å². The summed E-state index contributed by atoms with van der Waals surface area (Å²) >= 11 is 0. The number of nitrogens with zero attached hydrogens (tertiary/aromatic N) is 1. The number of hydrogen-bond acceptors (Lipinski definition) is 2. The summed E-state index contributed by atoms with van der Waals surface area (Å²) in [6, 6.07) is 16.2. The fraction of sp³-hybridized carbons (Fsp3) is 0.136. The minimum absolute atomic E-state index is 0.376. The number of allylic oxidation sites excluding steroid dienone is 2. The van der Waals surface area contributed by atoms with Gasteiger partial charge in [-0.1, -0.05) is 42.0 Å². The van der Waals surface area contributed by atoms with Gasteiger partial charge in [0.1, 0.15) is 5.75 Å². The molecule has 1 aromatic heterocycles. The number of aromatic hydroxyl groups is 1. The Kier molecular flexibility index (Phi) is 4.48. The van der Waals surface area contributed by atoms with Crippen LogP contribution in [0.3, 0.4) is 0 Å². The van der Waals surface area contributed by atoms with Crippen molar-refractivity contribution in [2.45, 2.75) is 20.8 Å². The Bertz CT molecular complexity index is 928. The zero-order valence-corrected chi connectivity index (χ0v) is 14.2. The molecule has 0 radical (unpaired) electrons. The molecule has 2 aromatic carbocycles. The highest BCUT2D eigenvalue weighted by molar-refractivity contribution is 5.79. The van der Waals surface area contributed by atoms with Gasteiger partial charge < -0.3 is 5.11 Å². The van der Waals surface area contributed by atoms with Crippen molar-refractivity contribution in [1.82, 2.24) is 4.98 Å². The lowest BCUT2D eigenvalue weighted by molar-refractivity contribution is 0.467. The molecular formula is C22H21NO. The Morgan fingerprint density at radius 1 is 1.00 bits per heavy atom. The van der Waals surface area contributed by atoms with E-state index in [1.807, 2.05) is 56.3 Å². The topological polar surface area (TPSA) is 33.1 Å². The third-order valence-electron chi connectivity index (χ3n) is 4.04. The van der Waals surface area contributed by atoms with Crippen LogP contribution < -0.4 is 0 Å². The minimum atomic E-state index is 0.376. The lowest BCUT2D eigenvalue weighted by atomic mass is 10.0. The van der Waals surface area contributed by atoms with Gasteiger partial charge in [0.05, 0.1) is 11.2 Å². The maximum absolute atomic E-state index is 9.86. The third-order valence-corrected chi connectivity index (χ3v) is 4.04. The molecule has 0 aliphatic heterocycles. The molecule has 120 valence electrons. The van der Waals surface area contributed by atoms with Crippen LogP contribution in [-0.4, -0.2) is 10.1 Å². The number of benzene rings is 2. The maximum Gasteiger partial charge on any atom is 0.121 e. The van der Waals surface area contributed by atoms with Crippen molar-refractivity contribution >= 4 is 23.1 Å². The SMILES string of the molecule is CC(/C=C/c1ccc2ccccc2n1)=C\c1cc(C)c(O)c(C)c1. The number of aromatic nitrogens is 1. The molecule has 0 saturated carbocycles. The molecule has 0 atom stereocenters. The monoisotopic (exact) mass is 315 g/mol. The molecule has 2 heteroatoms. The van der Waals surface area contributed by atoms with Gasteiger partial charge in [-0.25, -0.2) is 4.98 Å². The first kappa shape index (κ1) is 16.0. The van der Waals surface area contributed by atoms with Crippen LogP contribution in [0, 0.1) is 13.8 Å². The van der Waals surface area contributed by atoms with Crippen molar-refractivity contribution in [2.75, 3.05) is 0 Å². The Morgan fingerprint density at radius 3 is 2.46 bits per heavy atom. The molecule has 0 bridgehead atoms. The second kappa shape index (κ2) is 6.71. The summed E-state index contributed by atoms with van der Waals surface area (Å²) in [4.78, 5) is 4.65. The Morgan fingerprint density at radius 2 is 1.71 bits per heavy atom. The minimum Gasteiger partial charge on any atom is -0.507 e. The van der Waals surface area contributed by atoms with Gasteiger partial charge in [0, 0.05) is 5.39 Å². The predicted molar refractivity (Wildman–Crippen MR) is 102 cm³/mol. The van der Waals surface area contributed by atoms with Crippen LogP contribution in [0.1, 0.15) is 29.3 Å². The van der Waals surface area contributed by atoms with Crippen LogP contribution in [0.15, 0.2) is 60.2 Å². The molecule has 0 aliphatic carbocycles. The van der Waals surface area contributed by atoms with Crippen molar-refractivity contribution in [1.29, 1.82) is 0 Å². The first-order valence-corrected chi connectivity index (χ1v) is 8.05. The van der Waals surface area contributed by atoms with Gasteiger partial charge in [0.25, 0.3) is 0 Å². The van der Waals surface area contributed by atoms with Crippen molar-refractivity contribution < 1.29 is 5.11 Å². The van der Waals surface area contributed by atoms with Crippen LogP contribution in [0.25, 0.3) is 23.1 Å². The second-order valence-corrected chi connectivity index (χ2v) is 6.15. The molecule has 0 saturated heterocycles. The van der Waals surface area contributed by atoms with Crippen molar-refractivity contribution in [3.63, 3.8) is 0 Å². The zero-order valence-electron chi connectivity index (χ0n) is 14.2. The fourth-order valence-electron chi connectivity index (χ4n) is 2.78. The molecule has 0 unspecified atom stereocenters. The number of phenolic OH excluding ortho intramolecular Hbond substituents is 1. The van der Waals surface area contributed by atoms with Crippen LogP contribution in [-0.2, 0) is 0 Å². The van der Waals surface area contributed by atoms with E-state index in [0.29, 0.717) is 5.75 Å². The molecule has 2 nitrogen and oxygen atoms in total. The quantitative estimate of drug-likeness (QED) is 0.631. The molecule has 0 amide bonds. The lowest BCUT2D eigenvalue weighted by Crippen LogP contribution is -1.84. The molecule has 3 rings (SSSR count). The highest BCUT2D eigenvalue weighted by Gasteiger charge is 2.01. The summed E-state index contributed by atoms with van der Waals surface area (Å²) in [6.07, 6.45) is 6.20. The molecule has 1 N–H and O–H groups in total. The number of aryl methyl sites for hydroxylation is 2. The third kappa shape index (κ3) is 3.54. The van der Waals surface area contributed by atoms with Crippen molar-refractivity contribution in [3.05, 3.63) is 82.6 Å². The summed E-state index contributed by atoms with van der Waals surface area (Å²) in [5, 5.41) is 11.0. The van der Waals surface area contributed by atoms with E-state index < -0.39 is 0 Å². The number of para-hydroxylation sites is 1. The smallest absolute Gasteiger partial charge is 0.121 e. The largest absolute Gasteiger partial charge is 0.507 e. The summed E-state index contributed by atoms with van der Waals surface area (Å²) in [7, 11) is 0. The van der Waals surface area contributed by atoms with Gasteiger partial charge in [-0.05, 0) is 67.8 Å². The normalized spacial score (nSPS) is 12.2. The summed E-state index contributed by atoms with van der Waals surface area (Å²) < 4.78 is 0. The van der Waals surface area contributed by atoms with Gasteiger partial charge in [0.2, 0.25) is 0 Å². The number of fused-ring (bicyclic) bond motifs is 1. The highest BCUT2D eigenvalue weighted by atomic mass is 16.3. The van der Waals surface area contributed by atoms with E-state index in [1.54, 1.807) is 0 Å². The van der Waals surface area contributed by atoms with Gasteiger partial charge in [0.15, 0.2) is 0 Å². The van der Waals surface area contributed by atoms with Crippen LogP contribution in [0.5, 0.6) is 5.75 Å². The number of rotatable bonds is 3. The first-order valence-electron chi connectivity index (χ1n) is 8.05. The number of phenols is 1. The summed E-state index contributed by atoms with van der Waals surface area (Å²) in [5.74, 6) is 0.376. The van der Waals surface area contributed by atoms with E-state index in [0.717, 1.165) is 38.9 Å². The number of pyridine rings is 1. The molecule has 24 heavy (non-hydrogen) atoms. The number of hydrogen-bond donors (Lipinski definition) is 1. The van der Waals surface area contributed by atoms with Crippen LogP contribution in [0.4, 0.5) is 0 Å². The van der Waals surface area contributed by atoms with E-state index in [9.17, 15) is 5.11 Å². The van der Waals surface area contributed by atoms with Gasteiger partial charge in [-0.2, -0.15) is 0 Å². The standard InChI is InChI=1S/C22H21NO/c1-15(12-18-13-16(2)22(24)17(3)14-18)8-10-20-11-9-19-6-4-5-7-21(19)23-20/h4-14,24H,1-3H3/b10-8+,15-12+. The zero-order chi connectivity index (χ0) is 17.1. The molecule has 0 aliphatic rings. The average molecular weight is 315 g/mol. The Hall–Kier alpha value is -2.87. The molecular weight excluding hydrogens is 294 g/mol. The fourth-order valence-corrected chi connectivity index (χ4v) is 2.78.